The Bertz CT molecular complexity index is 1100. The number of nitrogens with one attached hydrogen (secondary N) is 1. The Morgan fingerprint density at radius 2 is 1.81 bits per heavy atom. The van der Waals surface area contributed by atoms with Crippen LogP contribution in [0.2, 0.25) is 10.0 Å². The topological polar surface area (TPSA) is 88.0 Å². The zero-order valence-electron chi connectivity index (χ0n) is 16.8. The van der Waals surface area contributed by atoms with E-state index in [0.29, 0.717) is 11.1 Å². The highest BCUT2D eigenvalue weighted by atomic mass is 35.5. The van der Waals surface area contributed by atoms with E-state index < -0.39 is 36.1 Å². The summed E-state index contributed by atoms with van der Waals surface area (Å²) in [6.45, 7) is 2.89. The van der Waals surface area contributed by atoms with Gasteiger partial charge in [0.2, 0.25) is 0 Å². The second-order valence-corrected chi connectivity index (χ2v) is 8.22. The van der Waals surface area contributed by atoms with Crippen LogP contribution in [0.25, 0.3) is 0 Å². The van der Waals surface area contributed by atoms with Gasteiger partial charge in [0.15, 0.2) is 0 Å². The highest BCUT2D eigenvalue weighted by Crippen LogP contribution is 2.49. The number of hydrogen-bond acceptors (Lipinski definition) is 4. The number of nitrogens with zero attached hydrogens (tertiary/aromatic N) is 1. The lowest BCUT2D eigenvalue weighted by Gasteiger charge is -2.29. The van der Waals surface area contributed by atoms with Crippen molar-refractivity contribution < 1.29 is 32.7 Å². The fourth-order valence-corrected chi connectivity index (χ4v) is 3.81. The molecule has 6 nitrogen and oxygen atoms in total. The highest BCUT2D eigenvalue weighted by molar-refractivity contribution is 6.34. The molecule has 170 valence electrons. The molecular formula is C21H17Cl2F3N2O4. The third kappa shape index (κ3) is 4.54. The average Bonchev–Trinajstić information content (AvgIpc) is 3.13. The first-order chi connectivity index (χ1) is 14.8. The van der Waals surface area contributed by atoms with Crippen LogP contribution in [-0.4, -0.2) is 34.9 Å². The number of halogens is 5. The Labute approximate surface area is 191 Å². The van der Waals surface area contributed by atoms with E-state index in [1.807, 2.05) is 0 Å². The van der Waals surface area contributed by atoms with Crippen molar-refractivity contribution in [2.75, 3.05) is 0 Å². The smallest absolute Gasteiger partial charge is 0.435 e. The largest absolute Gasteiger partial charge is 0.480 e. The summed E-state index contributed by atoms with van der Waals surface area (Å²) in [5, 5.41) is 15.0. The number of aryl methyl sites for hydroxylation is 1. The predicted octanol–water partition coefficient (Wildman–Crippen LogP) is 5.09. The molecule has 0 saturated heterocycles. The maximum Gasteiger partial charge on any atom is 0.435 e. The Kier molecular flexibility index (Phi) is 6.44. The van der Waals surface area contributed by atoms with Crippen molar-refractivity contribution in [1.82, 2.24) is 5.32 Å². The number of benzene rings is 2. The predicted molar refractivity (Wildman–Crippen MR) is 112 cm³/mol. The zero-order valence-corrected chi connectivity index (χ0v) is 18.3. The van der Waals surface area contributed by atoms with Gasteiger partial charge in [-0.1, -0.05) is 34.4 Å². The maximum absolute atomic E-state index is 14.1. The molecule has 1 amide bonds. The number of amides is 1. The third-order valence-electron chi connectivity index (χ3n) is 5.04. The Morgan fingerprint density at radius 3 is 2.34 bits per heavy atom. The summed E-state index contributed by atoms with van der Waals surface area (Å²) in [7, 11) is 0. The normalized spacial score (nSPS) is 19.2. The minimum absolute atomic E-state index is 0.0207. The van der Waals surface area contributed by atoms with E-state index in [9.17, 15) is 22.8 Å². The SMILES string of the molecule is Cc1cc(C2=NOC(c3cc(Cl)cc(Cl)c3)(C(F)(F)F)C2)ccc1C(=O)NC(C)C(=O)O. The fourth-order valence-electron chi connectivity index (χ4n) is 3.28. The summed E-state index contributed by atoms with van der Waals surface area (Å²) in [6.07, 6.45) is -5.46. The monoisotopic (exact) mass is 488 g/mol. The first-order valence-electron chi connectivity index (χ1n) is 9.27. The van der Waals surface area contributed by atoms with Gasteiger partial charge in [-0.05, 0) is 55.3 Å². The van der Waals surface area contributed by atoms with Crippen LogP contribution in [0.4, 0.5) is 13.2 Å². The van der Waals surface area contributed by atoms with Gasteiger partial charge < -0.3 is 15.3 Å². The standard InChI is InChI=1S/C21H17Cl2F3N2O4/c1-10-5-12(3-4-16(10)18(29)27-11(2)19(30)31)17-9-20(32-28-17,21(24,25)26)13-6-14(22)8-15(23)7-13/h3-8,11H,9H2,1-2H3,(H,27,29)(H,30,31). The summed E-state index contributed by atoms with van der Waals surface area (Å²) >= 11 is 11.8. The van der Waals surface area contributed by atoms with E-state index in [2.05, 4.69) is 10.5 Å². The fraction of sp³-hybridized carbons (Fsp3) is 0.286. The zero-order chi connectivity index (χ0) is 23.8. The molecule has 0 aromatic heterocycles. The molecular weight excluding hydrogens is 472 g/mol. The number of aliphatic carboxylic acids is 1. The van der Waals surface area contributed by atoms with Crippen LogP contribution < -0.4 is 5.32 Å². The molecule has 0 saturated carbocycles. The van der Waals surface area contributed by atoms with Crippen molar-refractivity contribution in [3.63, 3.8) is 0 Å². The van der Waals surface area contributed by atoms with E-state index in [-0.39, 0.29) is 26.9 Å². The first kappa shape index (κ1) is 23.9. The summed E-state index contributed by atoms with van der Waals surface area (Å²) in [4.78, 5) is 28.2. The lowest BCUT2D eigenvalue weighted by Crippen LogP contribution is -2.42. The highest BCUT2D eigenvalue weighted by Gasteiger charge is 2.62. The van der Waals surface area contributed by atoms with Crippen LogP contribution in [-0.2, 0) is 15.2 Å². The van der Waals surface area contributed by atoms with Gasteiger partial charge >= 0.3 is 12.1 Å². The molecule has 0 spiro atoms. The van der Waals surface area contributed by atoms with Crippen LogP contribution in [0, 0.1) is 6.92 Å². The minimum Gasteiger partial charge on any atom is -0.480 e. The van der Waals surface area contributed by atoms with Gasteiger partial charge in [-0.3, -0.25) is 9.59 Å². The summed E-state index contributed by atoms with van der Waals surface area (Å²) in [5.41, 5.74) is -2.09. The van der Waals surface area contributed by atoms with Crippen LogP contribution >= 0.6 is 23.2 Å². The molecule has 3 rings (SSSR count). The second kappa shape index (κ2) is 8.63. The van der Waals surface area contributed by atoms with Gasteiger partial charge in [-0.2, -0.15) is 13.2 Å². The Morgan fingerprint density at radius 1 is 1.19 bits per heavy atom. The molecule has 2 atom stereocenters. The number of carbonyl (C=O) groups excluding carboxylic acids is 1. The molecule has 0 radical (unpaired) electrons. The molecule has 2 unspecified atom stereocenters. The molecule has 0 aliphatic carbocycles. The summed E-state index contributed by atoms with van der Waals surface area (Å²) in [6, 6.07) is 6.76. The number of carbonyl (C=O) groups is 2. The van der Waals surface area contributed by atoms with E-state index in [0.717, 1.165) is 12.1 Å². The van der Waals surface area contributed by atoms with Gasteiger partial charge in [0.25, 0.3) is 11.5 Å². The summed E-state index contributed by atoms with van der Waals surface area (Å²) < 4.78 is 42.3. The number of carboxylic acids is 1. The van der Waals surface area contributed by atoms with Crippen molar-refractivity contribution in [3.8, 4) is 0 Å². The van der Waals surface area contributed by atoms with Crippen molar-refractivity contribution >= 4 is 40.8 Å². The number of oxime groups is 1. The van der Waals surface area contributed by atoms with Crippen molar-refractivity contribution in [3.05, 3.63) is 68.7 Å². The lowest BCUT2D eigenvalue weighted by atomic mass is 9.86. The van der Waals surface area contributed by atoms with Gasteiger partial charge in [0.05, 0.1) is 5.71 Å². The van der Waals surface area contributed by atoms with E-state index in [1.165, 1.54) is 31.2 Å². The quantitative estimate of drug-likeness (QED) is 0.613. The second-order valence-electron chi connectivity index (χ2n) is 7.35. The van der Waals surface area contributed by atoms with E-state index in [1.54, 1.807) is 6.92 Å². The molecule has 2 aromatic rings. The molecule has 2 aromatic carbocycles. The number of hydrogen-bond donors (Lipinski definition) is 2. The van der Waals surface area contributed by atoms with Gasteiger partial charge in [0, 0.05) is 27.6 Å². The average molecular weight is 489 g/mol. The van der Waals surface area contributed by atoms with Gasteiger partial charge in [-0.25, -0.2) is 0 Å². The van der Waals surface area contributed by atoms with Crippen LogP contribution in [0.3, 0.4) is 0 Å². The first-order valence-corrected chi connectivity index (χ1v) is 10.0. The van der Waals surface area contributed by atoms with Crippen molar-refractivity contribution in [2.24, 2.45) is 5.16 Å². The van der Waals surface area contributed by atoms with Gasteiger partial charge in [0.1, 0.15) is 6.04 Å². The maximum atomic E-state index is 14.1. The minimum atomic E-state index is -4.83. The number of alkyl halides is 3. The Balaban J connectivity index is 1.91. The molecule has 11 heteroatoms. The van der Waals surface area contributed by atoms with Crippen LogP contribution in [0.15, 0.2) is 41.6 Å². The molecule has 32 heavy (non-hydrogen) atoms. The molecule has 0 bridgehead atoms. The van der Waals surface area contributed by atoms with E-state index in [4.69, 9.17) is 33.1 Å². The van der Waals surface area contributed by atoms with Crippen molar-refractivity contribution in [1.29, 1.82) is 0 Å². The molecule has 2 N–H and O–H groups in total. The van der Waals surface area contributed by atoms with E-state index >= 15 is 0 Å². The van der Waals surface area contributed by atoms with Gasteiger partial charge in [-0.15, -0.1) is 0 Å². The van der Waals surface area contributed by atoms with Crippen LogP contribution in [0.5, 0.6) is 0 Å². The lowest BCUT2D eigenvalue weighted by molar-refractivity contribution is -0.275. The third-order valence-corrected chi connectivity index (χ3v) is 5.47. The molecule has 0 fully saturated rings. The van der Waals surface area contributed by atoms with Crippen molar-refractivity contribution in [2.45, 2.75) is 38.1 Å². The van der Waals surface area contributed by atoms with Crippen LogP contribution in [0.1, 0.15) is 40.4 Å². The summed E-state index contributed by atoms with van der Waals surface area (Å²) in [5.74, 6) is -1.82. The molecule has 1 aliphatic heterocycles. The number of rotatable bonds is 5. The Hall–Kier alpha value is -2.78. The number of carboxylic acid groups (broad SMARTS) is 1. The molecule has 1 heterocycles. The molecule has 1 aliphatic rings.